The van der Waals surface area contributed by atoms with Crippen LogP contribution in [0.2, 0.25) is 10.2 Å². The quantitative estimate of drug-likeness (QED) is 0.285. The summed E-state index contributed by atoms with van der Waals surface area (Å²) in [6.07, 6.45) is 5.48. The van der Waals surface area contributed by atoms with Gasteiger partial charge in [-0.2, -0.15) is 5.10 Å². The average Bonchev–Trinajstić information content (AvgIpc) is 3.22. The number of nitrogens with one attached hydrogen (secondary N) is 3. The molecule has 12 heteroatoms. The summed E-state index contributed by atoms with van der Waals surface area (Å²) in [7, 11) is 0. The summed E-state index contributed by atoms with van der Waals surface area (Å²) in [5, 5.41) is 15.7. The van der Waals surface area contributed by atoms with Gasteiger partial charge < -0.3 is 16.4 Å². The Bertz CT molecular complexity index is 1230. The first kappa shape index (κ1) is 25.4. The second-order valence-corrected chi connectivity index (χ2v) is 9.55. The van der Waals surface area contributed by atoms with Crippen LogP contribution < -0.4 is 21.9 Å². The molecule has 2 aromatic heterocycles. The number of nitrogens with zero attached hydrogens (tertiary/aromatic N) is 4. The second-order valence-electron chi connectivity index (χ2n) is 8.73. The number of benzene rings is 1. The van der Waals surface area contributed by atoms with Crippen LogP contribution in [-0.4, -0.2) is 62.8 Å². The first-order chi connectivity index (χ1) is 16.9. The smallest absolute Gasteiger partial charge is 0.294 e. The van der Waals surface area contributed by atoms with Crippen molar-refractivity contribution in [1.29, 1.82) is 0 Å². The van der Waals surface area contributed by atoms with Crippen LogP contribution in [-0.2, 0) is 17.9 Å². The van der Waals surface area contributed by atoms with Gasteiger partial charge >= 0.3 is 0 Å². The predicted molar refractivity (Wildman–Crippen MR) is 138 cm³/mol. The lowest BCUT2D eigenvalue weighted by Crippen LogP contribution is -2.45. The Labute approximate surface area is 213 Å². The van der Waals surface area contributed by atoms with Crippen LogP contribution in [0.15, 0.2) is 29.2 Å². The highest BCUT2D eigenvalue weighted by atomic mass is 35.5. The molecule has 1 amide bonds. The molecule has 3 heterocycles. The molecule has 0 bridgehead atoms. The Kier molecular flexibility index (Phi) is 8.61. The number of aromatic amines is 1. The summed E-state index contributed by atoms with van der Waals surface area (Å²) in [5.74, 6) is -0.0513. The van der Waals surface area contributed by atoms with Crippen molar-refractivity contribution < 1.29 is 4.79 Å². The van der Waals surface area contributed by atoms with E-state index in [0.29, 0.717) is 31.2 Å². The van der Waals surface area contributed by atoms with E-state index in [1.807, 2.05) is 18.2 Å². The zero-order valence-corrected chi connectivity index (χ0v) is 20.9. The fraction of sp³-hybridized carbons (Fsp3) is 0.478. The lowest BCUT2D eigenvalue weighted by molar-refractivity contribution is -0.120. The average molecular weight is 521 g/mol. The van der Waals surface area contributed by atoms with Gasteiger partial charge in [0.25, 0.3) is 5.56 Å². The van der Waals surface area contributed by atoms with Gasteiger partial charge in [0.15, 0.2) is 5.82 Å². The molecule has 1 aliphatic heterocycles. The number of rotatable bonds is 11. The van der Waals surface area contributed by atoms with Gasteiger partial charge in [-0.25, -0.2) is 4.98 Å². The SMILES string of the molecule is NC(=O)CN1CCCCC1CCNc1ncc(Cl)n(CCNCc2n[nH]c3ccc(Cl)cc23)c1=O. The molecular formula is C23H30Cl2N8O2. The molecule has 0 aliphatic carbocycles. The molecule has 1 aliphatic rings. The van der Waals surface area contributed by atoms with E-state index in [-0.39, 0.29) is 35.0 Å². The van der Waals surface area contributed by atoms with Crippen molar-refractivity contribution in [2.24, 2.45) is 5.73 Å². The predicted octanol–water partition coefficient (Wildman–Crippen LogP) is 2.36. The highest BCUT2D eigenvalue weighted by molar-refractivity contribution is 6.31. The van der Waals surface area contributed by atoms with Crippen molar-refractivity contribution in [1.82, 2.24) is 30.0 Å². The number of hydrogen-bond donors (Lipinski definition) is 4. The van der Waals surface area contributed by atoms with Gasteiger partial charge in [-0.1, -0.05) is 29.6 Å². The van der Waals surface area contributed by atoms with Crippen LogP contribution in [0.3, 0.4) is 0 Å². The van der Waals surface area contributed by atoms with Crippen LogP contribution in [0.5, 0.6) is 0 Å². The number of aromatic nitrogens is 4. The molecule has 10 nitrogen and oxygen atoms in total. The van der Waals surface area contributed by atoms with Gasteiger partial charge in [-0.05, 0) is 44.0 Å². The van der Waals surface area contributed by atoms with Crippen LogP contribution in [0.4, 0.5) is 5.82 Å². The zero-order valence-electron chi connectivity index (χ0n) is 19.4. The van der Waals surface area contributed by atoms with E-state index in [9.17, 15) is 9.59 Å². The van der Waals surface area contributed by atoms with E-state index in [4.69, 9.17) is 28.9 Å². The van der Waals surface area contributed by atoms with Crippen molar-refractivity contribution in [2.45, 2.75) is 44.8 Å². The Balaban J connectivity index is 1.30. The molecule has 188 valence electrons. The molecule has 0 spiro atoms. The molecule has 5 N–H and O–H groups in total. The van der Waals surface area contributed by atoms with Gasteiger partial charge in [-0.3, -0.25) is 24.2 Å². The number of fused-ring (bicyclic) bond motifs is 1. The molecule has 1 aromatic carbocycles. The molecule has 1 unspecified atom stereocenters. The second kappa shape index (κ2) is 11.9. The first-order valence-electron chi connectivity index (χ1n) is 11.8. The van der Waals surface area contributed by atoms with Crippen LogP contribution >= 0.6 is 23.2 Å². The van der Waals surface area contributed by atoms with E-state index in [1.165, 1.54) is 10.8 Å². The van der Waals surface area contributed by atoms with Crippen molar-refractivity contribution in [3.63, 3.8) is 0 Å². The Morgan fingerprint density at radius 1 is 1.26 bits per heavy atom. The van der Waals surface area contributed by atoms with Crippen molar-refractivity contribution >= 4 is 45.8 Å². The maximum Gasteiger partial charge on any atom is 0.294 e. The molecule has 1 saturated heterocycles. The van der Waals surface area contributed by atoms with Crippen molar-refractivity contribution in [2.75, 3.05) is 31.5 Å². The number of carbonyl (C=O) groups is 1. The van der Waals surface area contributed by atoms with E-state index in [2.05, 4.69) is 30.7 Å². The maximum atomic E-state index is 12.9. The molecule has 3 aromatic rings. The number of amides is 1. The van der Waals surface area contributed by atoms with Gasteiger partial charge in [0.05, 0.1) is 24.0 Å². The first-order valence-corrected chi connectivity index (χ1v) is 12.5. The molecule has 0 radical (unpaired) electrons. The number of carbonyl (C=O) groups excluding carboxylic acids is 1. The number of primary amides is 1. The molecule has 0 saturated carbocycles. The molecule has 35 heavy (non-hydrogen) atoms. The summed E-state index contributed by atoms with van der Waals surface area (Å²) >= 11 is 12.4. The molecule has 1 fully saturated rings. The molecule has 4 rings (SSSR count). The van der Waals surface area contributed by atoms with Crippen LogP contribution in [0.25, 0.3) is 10.9 Å². The number of halogens is 2. The normalized spacial score (nSPS) is 16.6. The molecule has 1 atom stereocenters. The van der Waals surface area contributed by atoms with Gasteiger partial charge in [0.1, 0.15) is 5.15 Å². The Morgan fingerprint density at radius 2 is 2.11 bits per heavy atom. The van der Waals surface area contributed by atoms with Crippen molar-refractivity contribution in [3.8, 4) is 0 Å². The third-order valence-electron chi connectivity index (χ3n) is 6.29. The van der Waals surface area contributed by atoms with Crippen LogP contribution in [0.1, 0.15) is 31.4 Å². The highest BCUT2D eigenvalue weighted by Gasteiger charge is 2.23. The number of hydrogen-bond acceptors (Lipinski definition) is 7. The summed E-state index contributed by atoms with van der Waals surface area (Å²) < 4.78 is 1.49. The van der Waals surface area contributed by atoms with E-state index in [1.54, 1.807) is 0 Å². The van der Waals surface area contributed by atoms with E-state index in [0.717, 1.165) is 48.8 Å². The fourth-order valence-corrected chi connectivity index (χ4v) is 4.90. The minimum Gasteiger partial charge on any atom is -0.369 e. The van der Waals surface area contributed by atoms with Gasteiger partial charge in [-0.15, -0.1) is 0 Å². The topological polar surface area (TPSA) is 134 Å². The number of H-pyrrole nitrogens is 1. The minimum atomic E-state index is -0.315. The lowest BCUT2D eigenvalue weighted by Gasteiger charge is -2.34. The largest absolute Gasteiger partial charge is 0.369 e. The fourth-order valence-electron chi connectivity index (χ4n) is 4.52. The Morgan fingerprint density at radius 3 is 2.94 bits per heavy atom. The number of nitrogens with two attached hydrogens (primary N) is 1. The third kappa shape index (κ3) is 6.52. The monoisotopic (exact) mass is 520 g/mol. The zero-order chi connectivity index (χ0) is 24.8. The number of likely N-dealkylation sites (tertiary alicyclic amines) is 1. The van der Waals surface area contributed by atoms with Gasteiger partial charge in [0, 0.05) is 42.6 Å². The summed E-state index contributed by atoms with van der Waals surface area (Å²) in [4.78, 5) is 30.6. The van der Waals surface area contributed by atoms with E-state index < -0.39 is 0 Å². The highest BCUT2D eigenvalue weighted by Crippen LogP contribution is 2.21. The van der Waals surface area contributed by atoms with Crippen molar-refractivity contribution in [3.05, 3.63) is 50.6 Å². The van der Waals surface area contributed by atoms with E-state index >= 15 is 0 Å². The third-order valence-corrected chi connectivity index (χ3v) is 6.83. The number of anilines is 1. The summed E-state index contributed by atoms with van der Waals surface area (Å²) in [6.45, 7) is 3.12. The summed E-state index contributed by atoms with van der Waals surface area (Å²) in [5.41, 5.74) is 6.89. The number of piperidine rings is 1. The minimum absolute atomic E-state index is 0.260. The molecular weight excluding hydrogens is 491 g/mol. The summed E-state index contributed by atoms with van der Waals surface area (Å²) in [6, 6.07) is 5.84. The maximum absolute atomic E-state index is 12.9. The standard InChI is InChI=1S/C23H30Cl2N8O2/c24-15-4-5-18-17(11-15)19(31-30-18)12-27-8-10-33-20(25)13-29-22(23(33)35)28-7-6-16-3-1-2-9-32(16)14-21(26)34/h4-5,11,13,16,27H,1-3,6-10,12,14H2,(H2,26,34)(H,28,29)(H,30,31). The lowest BCUT2D eigenvalue weighted by atomic mass is 9.99. The van der Waals surface area contributed by atoms with Gasteiger partial charge in [0.2, 0.25) is 5.91 Å². The Hall–Kier alpha value is -2.66. The van der Waals surface area contributed by atoms with Crippen LogP contribution in [0, 0.1) is 0 Å².